The SMILES string of the molecule is CC1Cc2cc(C(=O)OC(C)(C)C)cnc2N1C(=O)OC(C)(C)C. The lowest BCUT2D eigenvalue weighted by Gasteiger charge is -2.26. The quantitative estimate of drug-likeness (QED) is 0.732. The molecule has 2 rings (SSSR count). The molecule has 1 aromatic rings. The largest absolute Gasteiger partial charge is 0.456 e. The lowest BCUT2D eigenvalue weighted by molar-refractivity contribution is 0.00688. The number of ether oxygens (including phenoxy) is 2. The van der Waals surface area contributed by atoms with Crippen LogP contribution in [-0.2, 0) is 15.9 Å². The van der Waals surface area contributed by atoms with E-state index in [0.717, 1.165) is 5.56 Å². The van der Waals surface area contributed by atoms with Gasteiger partial charge in [-0.2, -0.15) is 0 Å². The molecule has 24 heavy (non-hydrogen) atoms. The maximum atomic E-state index is 12.4. The molecule has 132 valence electrons. The Bertz CT molecular complexity index is 656. The Hall–Kier alpha value is -2.11. The van der Waals surface area contributed by atoms with Crippen molar-refractivity contribution in [2.75, 3.05) is 4.90 Å². The summed E-state index contributed by atoms with van der Waals surface area (Å²) in [4.78, 5) is 30.4. The van der Waals surface area contributed by atoms with Crippen molar-refractivity contribution in [3.8, 4) is 0 Å². The van der Waals surface area contributed by atoms with Crippen LogP contribution in [0.25, 0.3) is 0 Å². The van der Waals surface area contributed by atoms with E-state index in [1.54, 1.807) is 11.0 Å². The third kappa shape index (κ3) is 4.24. The molecule has 2 heterocycles. The van der Waals surface area contributed by atoms with Gasteiger partial charge in [-0.05, 0) is 66.5 Å². The van der Waals surface area contributed by atoms with Gasteiger partial charge in [0.1, 0.15) is 17.0 Å². The highest BCUT2D eigenvalue weighted by molar-refractivity contribution is 5.93. The molecule has 0 aromatic carbocycles. The molecule has 1 aromatic heterocycles. The van der Waals surface area contributed by atoms with Gasteiger partial charge in [0, 0.05) is 12.2 Å². The summed E-state index contributed by atoms with van der Waals surface area (Å²) in [5.74, 6) is 0.130. The van der Waals surface area contributed by atoms with Crippen LogP contribution in [0.5, 0.6) is 0 Å². The average molecular weight is 334 g/mol. The Labute approximate surface area is 143 Å². The summed E-state index contributed by atoms with van der Waals surface area (Å²) in [5, 5.41) is 0. The summed E-state index contributed by atoms with van der Waals surface area (Å²) in [6.07, 6.45) is 1.65. The van der Waals surface area contributed by atoms with E-state index in [1.807, 2.05) is 48.5 Å². The van der Waals surface area contributed by atoms with Crippen LogP contribution in [0.3, 0.4) is 0 Å². The number of hydrogen-bond acceptors (Lipinski definition) is 5. The van der Waals surface area contributed by atoms with Crippen molar-refractivity contribution in [2.24, 2.45) is 0 Å². The topological polar surface area (TPSA) is 68.7 Å². The molecule has 0 fully saturated rings. The standard InChI is InChI=1S/C18H26N2O4/c1-11-8-12-9-13(15(21)23-17(2,3)4)10-19-14(12)20(11)16(22)24-18(5,6)7/h9-11H,8H2,1-7H3. The molecule has 1 unspecified atom stereocenters. The van der Waals surface area contributed by atoms with Gasteiger partial charge in [-0.25, -0.2) is 14.6 Å². The van der Waals surface area contributed by atoms with Crippen molar-refractivity contribution in [1.82, 2.24) is 4.98 Å². The lowest BCUT2D eigenvalue weighted by atomic mass is 10.1. The van der Waals surface area contributed by atoms with Crippen LogP contribution in [-0.4, -0.2) is 34.3 Å². The number of esters is 1. The second-order valence-electron chi connectivity index (χ2n) is 8.11. The first kappa shape index (κ1) is 18.2. The van der Waals surface area contributed by atoms with Crippen molar-refractivity contribution < 1.29 is 19.1 Å². The Morgan fingerprint density at radius 2 is 1.71 bits per heavy atom. The molecule has 0 saturated carbocycles. The zero-order valence-electron chi connectivity index (χ0n) is 15.5. The monoisotopic (exact) mass is 334 g/mol. The number of pyridine rings is 1. The number of hydrogen-bond donors (Lipinski definition) is 0. The molecular formula is C18H26N2O4. The molecule has 6 heteroatoms. The van der Waals surface area contributed by atoms with E-state index < -0.39 is 23.3 Å². The number of anilines is 1. The predicted molar refractivity (Wildman–Crippen MR) is 91.3 cm³/mol. The molecule has 0 bridgehead atoms. The van der Waals surface area contributed by atoms with E-state index >= 15 is 0 Å². The van der Waals surface area contributed by atoms with Crippen LogP contribution >= 0.6 is 0 Å². The predicted octanol–water partition coefficient (Wildman–Crippen LogP) is 3.72. The molecular weight excluding hydrogens is 308 g/mol. The number of carbonyl (C=O) groups excluding carboxylic acids is 2. The van der Waals surface area contributed by atoms with Crippen LogP contribution in [0.2, 0.25) is 0 Å². The van der Waals surface area contributed by atoms with Gasteiger partial charge in [0.2, 0.25) is 0 Å². The molecule has 1 aliphatic heterocycles. The normalized spacial score (nSPS) is 17.5. The first-order valence-electron chi connectivity index (χ1n) is 8.12. The van der Waals surface area contributed by atoms with Gasteiger partial charge in [-0.15, -0.1) is 0 Å². The molecule has 0 N–H and O–H groups in total. The van der Waals surface area contributed by atoms with Crippen LogP contribution in [0.15, 0.2) is 12.3 Å². The Morgan fingerprint density at radius 1 is 1.12 bits per heavy atom. The minimum atomic E-state index is -0.573. The summed E-state index contributed by atoms with van der Waals surface area (Å²) in [5.41, 5.74) is 0.0979. The van der Waals surface area contributed by atoms with Crippen LogP contribution in [0.1, 0.15) is 64.4 Å². The van der Waals surface area contributed by atoms with E-state index in [-0.39, 0.29) is 6.04 Å². The number of nitrogens with zero attached hydrogens (tertiary/aromatic N) is 2. The summed E-state index contributed by atoms with van der Waals surface area (Å²) >= 11 is 0. The Kier molecular flexibility index (Phi) is 4.61. The fourth-order valence-electron chi connectivity index (χ4n) is 2.51. The first-order valence-corrected chi connectivity index (χ1v) is 8.12. The van der Waals surface area contributed by atoms with Crippen molar-refractivity contribution in [2.45, 2.75) is 72.1 Å². The molecule has 0 aliphatic carbocycles. The maximum absolute atomic E-state index is 12.4. The molecule has 0 spiro atoms. The highest BCUT2D eigenvalue weighted by Gasteiger charge is 2.36. The first-order chi connectivity index (χ1) is 10.9. The number of carbonyl (C=O) groups is 2. The lowest BCUT2D eigenvalue weighted by Crippen LogP contribution is -2.40. The summed E-state index contributed by atoms with van der Waals surface area (Å²) in [6.45, 7) is 12.9. The highest BCUT2D eigenvalue weighted by atomic mass is 16.6. The Balaban J connectivity index is 2.25. The number of fused-ring (bicyclic) bond motifs is 1. The summed E-state index contributed by atoms with van der Waals surface area (Å²) < 4.78 is 10.8. The van der Waals surface area contributed by atoms with Gasteiger partial charge in [0.15, 0.2) is 0 Å². The van der Waals surface area contributed by atoms with Crippen molar-refractivity contribution in [3.05, 3.63) is 23.4 Å². The second-order valence-corrected chi connectivity index (χ2v) is 8.11. The van der Waals surface area contributed by atoms with E-state index in [9.17, 15) is 9.59 Å². The van der Waals surface area contributed by atoms with Gasteiger partial charge >= 0.3 is 12.1 Å². The molecule has 0 saturated heterocycles. The molecule has 1 atom stereocenters. The van der Waals surface area contributed by atoms with Crippen LogP contribution in [0.4, 0.5) is 10.6 Å². The van der Waals surface area contributed by atoms with Crippen molar-refractivity contribution in [3.63, 3.8) is 0 Å². The Morgan fingerprint density at radius 3 is 2.25 bits per heavy atom. The van der Waals surface area contributed by atoms with E-state index in [2.05, 4.69) is 4.98 Å². The summed E-state index contributed by atoms with van der Waals surface area (Å²) in [6, 6.07) is 1.67. The van der Waals surface area contributed by atoms with Gasteiger partial charge in [-0.3, -0.25) is 4.90 Å². The van der Waals surface area contributed by atoms with Gasteiger partial charge < -0.3 is 9.47 Å². The zero-order chi connectivity index (χ0) is 18.3. The zero-order valence-corrected chi connectivity index (χ0v) is 15.5. The van der Waals surface area contributed by atoms with Gasteiger partial charge in [-0.1, -0.05) is 0 Å². The smallest absolute Gasteiger partial charge is 0.416 e. The van der Waals surface area contributed by atoms with Gasteiger partial charge in [0.25, 0.3) is 0 Å². The number of amides is 1. The molecule has 1 amide bonds. The van der Waals surface area contributed by atoms with E-state index in [0.29, 0.717) is 17.8 Å². The maximum Gasteiger partial charge on any atom is 0.416 e. The highest BCUT2D eigenvalue weighted by Crippen LogP contribution is 2.32. The molecule has 0 radical (unpaired) electrons. The molecule has 1 aliphatic rings. The van der Waals surface area contributed by atoms with Crippen LogP contribution < -0.4 is 4.90 Å². The minimum Gasteiger partial charge on any atom is -0.456 e. The van der Waals surface area contributed by atoms with Crippen LogP contribution in [0, 0.1) is 0 Å². The molecule has 6 nitrogen and oxygen atoms in total. The fourth-order valence-corrected chi connectivity index (χ4v) is 2.51. The third-order valence-corrected chi connectivity index (χ3v) is 3.35. The van der Waals surface area contributed by atoms with E-state index in [1.165, 1.54) is 6.20 Å². The number of aromatic nitrogens is 1. The average Bonchev–Trinajstić information content (AvgIpc) is 2.69. The van der Waals surface area contributed by atoms with E-state index in [4.69, 9.17) is 9.47 Å². The second kappa shape index (κ2) is 6.07. The third-order valence-electron chi connectivity index (χ3n) is 3.35. The minimum absolute atomic E-state index is 0.0729. The van der Waals surface area contributed by atoms with Gasteiger partial charge in [0.05, 0.1) is 5.56 Å². The number of rotatable bonds is 1. The van der Waals surface area contributed by atoms with Crippen molar-refractivity contribution in [1.29, 1.82) is 0 Å². The summed E-state index contributed by atoms with van der Waals surface area (Å²) in [7, 11) is 0. The fraction of sp³-hybridized carbons (Fsp3) is 0.611. The van der Waals surface area contributed by atoms with Crippen molar-refractivity contribution >= 4 is 17.9 Å².